The second kappa shape index (κ2) is 7.27. The van der Waals surface area contributed by atoms with Crippen LogP contribution in [-0.2, 0) is 0 Å². The van der Waals surface area contributed by atoms with Crippen LogP contribution in [0.2, 0.25) is 0 Å². The molecule has 1 heterocycles. The molecule has 1 amide bonds. The summed E-state index contributed by atoms with van der Waals surface area (Å²) in [5.74, 6) is 0.767. The molecule has 0 aromatic heterocycles. The summed E-state index contributed by atoms with van der Waals surface area (Å²) in [5.41, 5.74) is 7.07. The molecule has 1 aliphatic heterocycles. The summed E-state index contributed by atoms with van der Waals surface area (Å²) in [6, 6.07) is 5.44. The highest BCUT2D eigenvalue weighted by Gasteiger charge is 2.23. The quantitative estimate of drug-likeness (QED) is 0.846. The summed E-state index contributed by atoms with van der Waals surface area (Å²) in [6.45, 7) is 9.08. The second-order valence-electron chi connectivity index (χ2n) is 6.05. The molecule has 1 aliphatic rings. The lowest BCUT2D eigenvalue weighted by atomic mass is 10.1. The second-order valence-corrected chi connectivity index (χ2v) is 6.96. The highest BCUT2D eigenvalue weighted by Crippen LogP contribution is 2.20. The molecule has 1 fully saturated rings. The van der Waals surface area contributed by atoms with Gasteiger partial charge in [-0.2, -0.15) is 0 Å². The smallest absolute Gasteiger partial charge is 0.256 e. The third kappa shape index (κ3) is 4.45. The number of nitrogens with two attached hydrogens (primary N) is 1. The van der Waals surface area contributed by atoms with Crippen molar-refractivity contribution in [3.8, 4) is 0 Å². The van der Waals surface area contributed by atoms with E-state index in [9.17, 15) is 4.79 Å². The standard InChI is InChI=1S/C16H24BrN3O/c1-12(2)5-6-19-7-9-20(10-8-19)16(21)14-11-13(17)3-4-15(14)18/h3-4,11-12H,5-10,18H2,1-2H3. The summed E-state index contributed by atoms with van der Waals surface area (Å²) < 4.78 is 0.885. The van der Waals surface area contributed by atoms with E-state index in [1.54, 1.807) is 6.07 Å². The monoisotopic (exact) mass is 353 g/mol. The summed E-state index contributed by atoms with van der Waals surface area (Å²) in [5, 5.41) is 0. The first-order valence-electron chi connectivity index (χ1n) is 7.54. The lowest BCUT2D eigenvalue weighted by Gasteiger charge is -2.35. The van der Waals surface area contributed by atoms with Crippen molar-refractivity contribution in [2.24, 2.45) is 5.92 Å². The molecule has 116 valence electrons. The largest absolute Gasteiger partial charge is 0.398 e. The summed E-state index contributed by atoms with van der Waals surface area (Å²) >= 11 is 3.40. The van der Waals surface area contributed by atoms with Gasteiger partial charge in [0, 0.05) is 36.3 Å². The van der Waals surface area contributed by atoms with E-state index in [1.165, 1.54) is 6.42 Å². The van der Waals surface area contributed by atoms with Crippen molar-refractivity contribution in [1.29, 1.82) is 0 Å². The third-order valence-corrected chi connectivity index (χ3v) is 4.42. The fourth-order valence-corrected chi connectivity index (χ4v) is 2.86. The number of halogens is 1. The zero-order valence-corrected chi connectivity index (χ0v) is 14.4. The number of rotatable bonds is 4. The van der Waals surface area contributed by atoms with Crippen LogP contribution in [0, 0.1) is 5.92 Å². The molecular weight excluding hydrogens is 330 g/mol. The summed E-state index contributed by atoms with van der Waals surface area (Å²) in [4.78, 5) is 16.9. The molecule has 4 nitrogen and oxygen atoms in total. The van der Waals surface area contributed by atoms with E-state index in [-0.39, 0.29) is 5.91 Å². The number of nitrogens with zero attached hydrogens (tertiary/aromatic N) is 2. The van der Waals surface area contributed by atoms with Gasteiger partial charge in [-0.05, 0) is 37.1 Å². The highest BCUT2D eigenvalue weighted by molar-refractivity contribution is 9.10. The number of benzene rings is 1. The van der Waals surface area contributed by atoms with Crippen LogP contribution >= 0.6 is 15.9 Å². The fourth-order valence-electron chi connectivity index (χ4n) is 2.50. The Hall–Kier alpha value is -1.07. The molecule has 0 aliphatic carbocycles. The normalized spacial score (nSPS) is 16.5. The number of hydrogen-bond acceptors (Lipinski definition) is 3. The predicted octanol–water partition coefficient (Wildman–Crippen LogP) is 2.84. The minimum absolute atomic E-state index is 0.0392. The maximum Gasteiger partial charge on any atom is 0.256 e. The van der Waals surface area contributed by atoms with Crippen LogP contribution in [0.1, 0.15) is 30.6 Å². The Balaban J connectivity index is 1.92. The van der Waals surface area contributed by atoms with Crippen LogP contribution in [0.5, 0.6) is 0 Å². The first kappa shape index (κ1) is 16.3. The average Bonchev–Trinajstić information content (AvgIpc) is 2.47. The van der Waals surface area contributed by atoms with Crippen LogP contribution in [0.25, 0.3) is 0 Å². The van der Waals surface area contributed by atoms with E-state index in [1.807, 2.05) is 17.0 Å². The SMILES string of the molecule is CC(C)CCN1CCN(C(=O)c2cc(Br)ccc2N)CC1. The number of anilines is 1. The van der Waals surface area contributed by atoms with Gasteiger partial charge in [0.2, 0.25) is 0 Å². The average molecular weight is 354 g/mol. The van der Waals surface area contributed by atoms with Gasteiger partial charge < -0.3 is 10.6 Å². The Morgan fingerprint density at radius 3 is 2.57 bits per heavy atom. The lowest BCUT2D eigenvalue weighted by Crippen LogP contribution is -2.49. The van der Waals surface area contributed by atoms with Gasteiger partial charge in [-0.1, -0.05) is 29.8 Å². The Morgan fingerprint density at radius 2 is 1.95 bits per heavy atom. The Bertz CT molecular complexity index is 496. The number of nitrogen functional groups attached to an aromatic ring is 1. The summed E-state index contributed by atoms with van der Waals surface area (Å²) in [7, 11) is 0. The van der Waals surface area contributed by atoms with Gasteiger partial charge >= 0.3 is 0 Å². The maximum absolute atomic E-state index is 12.6. The van der Waals surface area contributed by atoms with E-state index >= 15 is 0 Å². The lowest BCUT2D eigenvalue weighted by molar-refractivity contribution is 0.0633. The fraction of sp³-hybridized carbons (Fsp3) is 0.562. The molecular formula is C16H24BrN3O. The Morgan fingerprint density at radius 1 is 1.29 bits per heavy atom. The maximum atomic E-state index is 12.6. The van der Waals surface area contributed by atoms with E-state index < -0.39 is 0 Å². The third-order valence-electron chi connectivity index (χ3n) is 3.93. The van der Waals surface area contributed by atoms with Crippen LogP contribution in [0.3, 0.4) is 0 Å². The minimum atomic E-state index is 0.0392. The number of piperazine rings is 1. The number of amides is 1. The first-order valence-corrected chi connectivity index (χ1v) is 8.33. The highest BCUT2D eigenvalue weighted by atomic mass is 79.9. The van der Waals surface area contributed by atoms with Gasteiger partial charge in [-0.15, -0.1) is 0 Å². The molecule has 0 unspecified atom stereocenters. The van der Waals surface area contributed by atoms with Crippen molar-refractivity contribution in [3.63, 3.8) is 0 Å². The number of carbonyl (C=O) groups excluding carboxylic acids is 1. The van der Waals surface area contributed by atoms with Crippen molar-refractivity contribution in [1.82, 2.24) is 9.80 Å². The molecule has 2 N–H and O–H groups in total. The van der Waals surface area contributed by atoms with E-state index in [4.69, 9.17) is 5.73 Å². The van der Waals surface area contributed by atoms with Crippen molar-refractivity contribution >= 4 is 27.5 Å². The molecule has 0 spiro atoms. The van der Waals surface area contributed by atoms with Gasteiger partial charge in [0.25, 0.3) is 5.91 Å². The van der Waals surface area contributed by atoms with Gasteiger partial charge in [0.05, 0.1) is 5.56 Å². The van der Waals surface area contributed by atoms with E-state index in [0.717, 1.165) is 43.1 Å². The zero-order valence-electron chi connectivity index (χ0n) is 12.8. The van der Waals surface area contributed by atoms with Crippen molar-refractivity contribution in [2.75, 3.05) is 38.5 Å². The van der Waals surface area contributed by atoms with E-state index in [0.29, 0.717) is 11.3 Å². The molecule has 0 atom stereocenters. The molecule has 1 aromatic carbocycles. The molecule has 1 aromatic rings. The van der Waals surface area contributed by atoms with Gasteiger partial charge in [-0.3, -0.25) is 9.69 Å². The molecule has 0 bridgehead atoms. The van der Waals surface area contributed by atoms with Crippen molar-refractivity contribution in [3.05, 3.63) is 28.2 Å². The van der Waals surface area contributed by atoms with Crippen LogP contribution in [0.4, 0.5) is 5.69 Å². The zero-order chi connectivity index (χ0) is 15.4. The predicted molar refractivity (Wildman–Crippen MR) is 90.4 cm³/mol. The van der Waals surface area contributed by atoms with Gasteiger partial charge in [0.1, 0.15) is 0 Å². The Labute approximate surface area is 135 Å². The molecule has 5 heteroatoms. The Kier molecular flexibility index (Phi) is 5.65. The van der Waals surface area contributed by atoms with Gasteiger partial charge in [0.15, 0.2) is 0 Å². The minimum Gasteiger partial charge on any atom is -0.398 e. The molecule has 0 saturated carbocycles. The van der Waals surface area contributed by atoms with E-state index in [2.05, 4.69) is 34.7 Å². The topological polar surface area (TPSA) is 49.6 Å². The van der Waals surface area contributed by atoms with Crippen LogP contribution < -0.4 is 5.73 Å². The first-order chi connectivity index (χ1) is 9.97. The molecule has 0 radical (unpaired) electrons. The van der Waals surface area contributed by atoms with Crippen LogP contribution in [0.15, 0.2) is 22.7 Å². The summed E-state index contributed by atoms with van der Waals surface area (Å²) in [6.07, 6.45) is 1.21. The van der Waals surface area contributed by atoms with Crippen molar-refractivity contribution < 1.29 is 4.79 Å². The number of carbonyl (C=O) groups is 1. The van der Waals surface area contributed by atoms with Gasteiger partial charge in [-0.25, -0.2) is 0 Å². The molecule has 21 heavy (non-hydrogen) atoms. The molecule has 1 saturated heterocycles. The molecule has 2 rings (SSSR count). The van der Waals surface area contributed by atoms with Crippen LogP contribution in [-0.4, -0.2) is 48.4 Å². The van der Waals surface area contributed by atoms with Crippen molar-refractivity contribution in [2.45, 2.75) is 20.3 Å². The number of hydrogen-bond donors (Lipinski definition) is 1.